The standard InChI is InChI=1S/C19H21N5O3/c1-3-16(25)22-18-15-11-14(13-5-7-20-8-6-13)12-21-19(15)24(23-18)9-10-27-17(26)4-2/h5-8,11-12H,3-4,9-10H2,1-2H3,(H,22,23,25). The average Bonchev–Trinajstić information content (AvgIpc) is 3.05. The minimum absolute atomic E-state index is 0.131. The van der Waals surface area contributed by atoms with Gasteiger partial charge in [0, 0.05) is 37.0 Å². The number of esters is 1. The van der Waals surface area contributed by atoms with E-state index in [1.165, 1.54) is 0 Å². The van der Waals surface area contributed by atoms with Gasteiger partial charge in [-0.3, -0.25) is 14.6 Å². The van der Waals surface area contributed by atoms with Gasteiger partial charge in [0.2, 0.25) is 5.91 Å². The van der Waals surface area contributed by atoms with Crippen molar-refractivity contribution in [3.63, 3.8) is 0 Å². The van der Waals surface area contributed by atoms with E-state index in [1.54, 1.807) is 37.1 Å². The molecule has 0 atom stereocenters. The van der Waals surface area contributed by atoms with Crippen molar-refractivity contribution in [3.8, 4) is 11.1 Å². The second-order valence-corrected chi connectivity index (χ2v) is 5.88. The lowest BCUT2D eigenvalue weighted by atomic mass is 10.1. The van der Waals surface area contributed by atoms with Gasteiger partial charge in [0.25, 0.3) is 0 Å². The largest absolute Gasteiger partial charge is 0.464 e. The van der Waals surface area contributed by atoms with Crippen LogP contribution in [0.5, 0.6) is 0 Å². The first-order valence-corrected chi connectivity index (χ1v) is 8.84. The fourth-order valence-electron chi connectivity index (χ4n) is 2.58. The van der Waals surface area contributed by atoms with Crippen LogP contribution in [0, 0.1) is 0 Å². The highest BCUT2D eigenvalue weighted by Crippen LogP contribution is 2.27. The van der Waals surface area contributed by atoms with Gasteiger partial charge in [-0.05, 0) is 23.8 Å². The molecule has 3 heterocycles. The van der Waals surface area contributed by atoms with E-state index in [-0.39, 0.29) is 18.5 Å². The highest BCUT2D eigenvalue weighted by Gasteiger charge is 2.15. The monoisotopic (exact) mass is 367 g/mol. The summed E-state index contributed by atoms with van der Waals surface area (Å²) in [5.74, 6) is 0.0502. The predicted molar refractivity (Wildman–Crippen MR) is 101 cm³/mol. The van der Waals surface area contributed by atoms with E-state index in [0.717, 1.165) is 16.5 Å². The molecule has 0 unspecified atom stereocenters. The highest BCUT2D eigenvalue weighted by atomic mass is 16.5. The molecule has 140 valence electrons. The van der Waals surface area contributed by atoms with Gasteiger partial charge < -0.3 is 10.1 Å². The Hall–Kier alpha value is -3.29. The molecule has 8 heteroatoms. The highest BCUT2D eigenvalue weighted by molar-refractivity contribution is 5.99. The number of pyridine rings is 2. The van der Waals surface area contributed by atoms with Crippen LogP contribution in [0.4, 0.5) is 5.82 Å². The van der Waals surface area contributed by atoms with Crippen LogP contribution >= 0.6 is 0 Å². The summed E-state index contributed by atoms with van der Waals surface area (Å²) in [6.07, 6.45) is 5.85. The summed E-state index contributed by atoms with van der Waals surface area (Å²) in [5.41, 5.74) is 2.48. The maximum Gasteiger partial charge on any atom is 0.305 e. The van der Waals surface area contributed by atoms with Crippen molar-refractivity contribution in [3.05, 3.63) is 36.8 Å². The summed E-state index contributed by atoms with van der Waals surface area (Å²) in [7, 11) is 0. The van der Waals surface area contributed by atoms with Crippen LogP contribution in [-0.2, 0) is 20.9 Å². The number of rotatable bonds is 7. The summed E-state index contributed by atoms with van der Waals surface area (Å²) in [4.78, 5) is 31.7. The Bertz CT molecular complexity index is 953. The van der Waals surface area contributed by atoms with E-state index in [1.807, 2.05) is 18.2 Å². The van der Waals surface area contributed by atoms with Crippen LogP contribution in [0.1, 0.15) is 26.7 Å². The molecular weight excluding hydrogens is 346 g/mol. The minimum Gasteiger partial charge on any atom is -0.464 e. The second-order valence-electron chi connectivity index (χ2n) is 5.88. The molecule has 0 radical (unpaired) electrons. The molecule has 8 nitrogen and oxygen atoms in total. The van der Waals surface area contributed by atoms with Crippen molar-refractivity contribution in [2.75, 3.05) is 11.9 Å². The van der Waals surface area contributed by atoms with Crippen LogP contribution in [0.15, 0.2) is 36.8 Å². The molecule has 3 rings (SSSR count). The zero-order chi connectivity index (χ0) is 19.2. The molecule has 3 aromatic rings. The Morgan fingerprint density at radius 2 is 1.93 bits per heavy atom. The van der Waals surface area contributed by atoms with Gasteiger partial charge in [-0.25, -0.2) is 9.67 Å². The number of hydrogen-bond acceptors (Lipinski definition) is 6. The van der Waals surface area contributed by atoms with Crippen LogP contribution in [-0.4, -0.2) is 38.2 Å². The Balaban J connectivity index is 1.96. The average molecular weight is 367 g/mol. The molecule has 0 aromatic carbocycles. The predicted octanol–water partition coefficient (Wildman–Crippen LogP) is 2.80. The third kappa shape index (κ3) is 4.28. The van der Waals surface area contributed by atoms with Crippen molar-refractivity contribution < 1.29 is 14.3 Å². The number of anilines is 1. The quantitative estimate of drug-likeness (QED) is 0.645. The molecule has 0 bridgehead atoms. The molecule has 0 spiro atoms. The van der Waals surface area contributed by atoms with Gasteiger partial charge in [0.1, 0.15) is 6.61 Å². The summed E-state index contributed by atoms with van der Waals surface area (Å²) < 4.78 is 6.77. The lowest BCUT2D eigenvalue weighted by Gasteiger charge is -2.05. The fraction of sp³-hybridized carbons (Fsp3) is 0.316. The van der Waals surface area contributed by atoms with Crippen molar-refractivity contribution in [2.45, 2.75) is 33.2 Å². The Labute approximate surface area is 156 Å². The van der Waals surface area contributed by atoms with E-state index < -0.39 is 0 Å². The van der Waals surface area contributed by atoms with Gasteiger partial charge in [-0.1, -0.05) is 13.8 Å². The number of ether oxygens (including phenoxy) is 1. The van der Waals surface area contributed by atoms with E-state index in [0.29, 0.717) is 30.9 Å². The summed E-state index contributed by atoms with van der Waals surface area (Å²) in [5, 5.41) is 8.00. The zero-order valence-electron chi connectivity index (χ0n) is 15.3. The van der Waals surface area contributed by atoms with Crippen molar-refractivity contribution >= 4 is 28.7 Å². The number of nitrogens with one attached hydrogen (secondary N) is 1. The molecule has 0 aliphatic carbocycles. The first-order chi connectivity index (χ1) is 13.1. The molecule has 0 aliphatic heterocycles. The molecule has 0 saturated heterocycles. The number of amides is 1. The zero-order valence-corrected chi connectivity index (χ0v) is 15.3. The van der Waals surface area contributed by atoms with Crippen molar-refractivity contribution in [2.24, 2.45) is 0 Å². The maximum absolute atomic E-state index is 11.9. The molecular formula is C19H21N5O3. The van der Waals surface area contributed by atoms with E-state index in [2.05, 4.69) is 20.4 Å². The van der Waals surface area contributed by atoms with Gasteiger partial charge in [-0.2, -0.15) is 5.10 Å². The van der Waals surface area contributed by atoms with Gasteiger partial charge >= 0.3 is 5.97 Å². The first-order valence-electron chi connectivity index (χ1n) is 8.84. The molecule has 3 aromatic heterocycles. The van der Waals surface area contributed by atoms with Crippen molar-refractivity contribution in [1.82, 2.24) is 19.7 Å². The van der Waals surface area contributed by atoms with Crippen LogP contribution in [0.2, 0.25) is 0 Å². The summed E-state index contributed by atoms with van der Waals surface area (Å²) in [6, 6.07) is 5.72. The first kappa shape index (κ1) is 18.5. The van der Waals surface area contributed by atoms with Crippen molar-refractivity contribution in [1.29, 1.82) is 0 Å². The van der Waals surface area contributed by atoms with Crippen LogP contribution in [0.3, 0.4) is 0 Å². The lowest BCUT2D eigenvalue weighted by molar-refractivity contribution is -0.143. The van der Waals surface area contributed by atoms with Gasteiger partial charge in [-0.15, -0.1) is 0 Å². The van der Waals surface area contributed by atoms with E-state index in [4.69, 9.17) is 4.74 Å². The summed E-state index contributed by atoms with van der Waals surface area (Å²) in [6.45, 7) is 4.07. The van der Waals surface area contributed by atoms with Crippen LogP contribution in [0.25, 0.3) is 22.2 Å². The third-order valence-electron chi connectivity index (χ3n) is 4.03. The molecule has 0 fully saturated rings. The number of carbonyl (C=O) groups excluding carboxylic acids is 2. The molecule has 27 heavy (non-hydrogen) atoms. The molecule has 0 saturated carbocycles. The normalized spacial score (nSPS) is 10.7. The van der Waals surface area contributed by atoms with E-state index in [9.17, 15) is 9.59 Å². The van der Waals surface area contributed by atoms with Gasteiger partial charge in [0.15, 0.2) is 11.5 Å². The van der Waals surface area contributed by atoms with Gasteiger partial charge in [0.05, 0.1) is 11.9 Å². The Kier molecular flexibility index (Phi) is 5.75. The number of hydrogen-bond donors (Lipinski definition) is 1. The lowest BCUT2D eigenvalue weighted by Crippen LogP contribution is -2.13. The Morgan fingerprint density at radius 3 is 2.63 bits per heavy atom. The second kappa shape index (κ2) is 8.39. The molecule has 1 amide bonds. The smallest absolute Gasteiger partial charge is 0.305 e. The number of aromatic nitrogens is 4. The number of carbonyl (C=O) groups is 2. The van der Waals surface area contributed by atoms with Crippen LogP contribution < -0.4 is 5.32 Å². The topological polar surface area (TPSA) is 99.0 Å². The fourth-order valence-corrected chi connectivity index (χ4v) is 2.58. The molecule has 0 aliphatic rings. The minimum atomic E-state index is -0.265. The summed E-state index contributed by atoms with van der Waals surface area (Å²) >= 11 is 0. The Morgan fingerprint density at radius 1 is 1.15 bits per heavy atom. The SMILES string of the molecule is CCC(=O)Nc1nn(CCOC(=O)CC)c2ncc(-c3ccncc3)cc12. The molecule has 1 N–H and O–H groups in total. The number of nitrogens with zero attached hydrogens (tertiary/aromatic N) is 4. The maximum atomic E-state index is 11.9. The third-order valence-corrected chi connectivity index (χ3v) is 4.03. The number of fused-ring (bicyclic) bond motifs is 1. The van der Waals surface area contributed by atoms with E-state index >= 15 is 0 Å².